The van der Waals surface area contributed by atoms with Crippen LogP contribution in [0.2, 0.25) is 0 Å². The van der Waals surface area contributed by atoms with Crippen molar-refractivity contribution in [2.75, 3.05) is 66.4 Å². The highest BCUT2D eigenvalue weighted by atomic mass is 16.7. The van der Waals surface area contributed by atoms with E-state index >= 15 is 0 Å². The fourth-order valence-corrected chi connectivity index (χ4v) is 5.50. The molecule has 2 aliphatic heterocycles. The lowest BCUT2D eigenvalue weighted by molar-refractivity contribution is -0.272. The number of ketones is 1. The minimum atomic E-state index is -1.39. The molecule has 7 atom stereocenters. The molecule has 2 aliphatic rings. The zero-order chi connectivity index (χ0) is 32.9. The van der Waals surface area contributed by atoms with E-state index < -0.39 is 59.9 Å². The number of rotatable bonds is 19. The summed E-state index contributed by atoms with van der Waals surface area (Å²) in [5, 5.41) is 44.7. The molecule has 0 bridgehead atoms. The van der Waals surface area contributed by atoms with Gasteiger partial charge in [0.25, 0.3) is 0 Å². The van der Waals surface area contributed by atoms with E-state index in [2.05, 4.69) is 10.6 Å². The van der Waals surface area contributed by atoms with Crippen molar-refractivity contribution in [3.8, 4) is 0 Å². The van der Waals surface area contributed by atoms with Gasteiger partial charge >= 0.3 is 0 Å². The van der Waals surface area contributed by atoms with Crippen LogP contribution in [0.25, 0.3) is 0 Å². The van der Waals surface area contributed by atoms with E-state index in [-0.39, 0.29) is 50.9 Å². The standard InChI is InChI=1S/C29H51N3O12/c1-19(35)31-24-26(40)25(39)21(14-33)44-27(24)43-12-11-42-10-6-8-20(36)7-5-9-30-22(37)13-23(38)32-15-28(2,17-34)29(3,16-32)18-41-4/h21,24-27,33-34,39-40H,5-18H2,1-4H3,(H,30,37)(H,31,35)/t21-,24-,25+,26-,27?,28+,29-/m1/s1. The monoisotopic (exact) mass is 633 g/mol. The highest BCUT2D eigenvalue weighted by molar-refractivity contribution is 5.97. The van der Waals surface area contributed by atoms with Crippen molar-refractivity contribution < 1.29 is 58.6 Å². The number of carbonyl (C=O) groups excluding carboxylic acids is 4. The first-order valence-electron chi connectivity index (χ1n) is 15.1. The Morgan fingerprint density at radius 1 is 0.977 bits per heavy atom. The minimum absolute atomic E-state index is 0.0179. The lowest BCUT2D eigenvalue weighted by Gasteiger charge is -2.42. The van der Waals surface area contributed by atoms with Crippen LogP contribution in [0.4, 0.5) is 0 Å². The molecule has 2 fully saturated rings. The van der Waals surface area contributed by atoms with Gasteiger partial charge in [-0.05, 0) is 12.8 Å². The molecule has 0 aromatic rings. The van der Waals surface area contributed by atoms with Crippen LogP contribution in [0.3, 0.4) is 0 Å². The number of aliphatic hydroxyl groups is 4. The SMILES string of the molecule is COC[C@@]1(C)CN(C(=O)CC(=O)NCCCC(=O)CCCOCCOC2O[C@H](CO)[C@H](O)[C@H](O)[C@H]2NC(C)=O)C[C@@]1(C)CO. The van der Waals surface area contributed by atoms with Gasteiger partial charge < -0.3 is 54.9 Å². The zero-order valence-corrected chi connectivity index (χ0v) is 26.3. The topological polar surface area (TPSA) is 213 Å². The summed E-state index contributed by atoms with van der Waals surface area (Å²) in [6, 6.07) is -1.03. The molecule has 15 nitrogen and oxygen atoms in total. The molecule has 15 heteroatoms. The lowest BCUT2D eigenvalue weighted by Crippen LogP contribution is -2.64. The van der Waals surface area contributed by atoms with Crippen LogP contribution in [-0.4, -0.2) is 146 Å². The quantitative estimate of drug-likeness (QED) is 0.0680. The molecule has 2 saturated heterocycles. The number of likely N-dealkylation sites (tertiary alicyclic amines) is 1. The number of Topliss-reactive ketones (excluding diaryl/α,β-unsaturated/α-hetero) is 1. The van der Waals surface area contributed by atoms with Gasteiger partial charge in [0.2, 0.25) is 17.7 Å². The van der Waals surface area contributed by atoms with E-state index in [0.717, 1.165) is 0 Å². The Kier molecular flexibility index (Phi) is 15.6. The Bertz CT molecular complexity index is 955. The van der Waals surface area contributed by atoms with Crippen LogP contribution in [-0.2, 0) is 38.1 Å². The van der Waals surface area contributed by atoms with Crippen LogP contribution in [0.1, 0.15) is 52.9 Å². The number of aliphatic hydroxyl groups excluding tert-OH is 4. The number of methoxy groups -OCH3 is 1. The average molecular weight is 634 g/mol. The maximum atomic E-state index is 12.7. The first-order valence-corrected chi connectivity index (χ1v) is 15.1. The van der Waals surface area contributed by atoms with Crippen molar-refractivity contribution in [1.29, 1.82) is 0 Å². The van der Waals surface area contributed by atoms with Crippen LogP contribution in [0.15, 0.2) is 0 Å². The summed E-state index contributed by atoms with van der Waals surface area (Å²) >= 11 is 0. The van der Waals surface area contributed by atoms with E-state index in [0.29, 0.717) is 45.6 Å². The van der Waals surface area contributed by atoms with E-state index in [1.165, 1.54) is 6.92 Å². The summed E-state index contributed by atoms with van der Waals surface area (Å²) in [6.07, 6.45) is -3.76. The second kappa shape index (κ2) is 18.0. The third-order valence-corrected chi connectivity index (χ3v) is 8.47. The highest BCUT2D eigenvalue weighted by Crippen LogP contribution is 2.46. The summed E-state index contributed by atoms with van der Waals surface area (Å²) in [4.78, 5) is 50.2. The molecule has 3 amide bonds. The van der Waals surface area contributed by atoms with Crippen molar-refractivity contribution in [3.05, 3.63) is 0 Å². The van der Waals surface area contributed by atoms with Gasteiger partial charge in [0.1, 0.15) is 36.6 Å². The molecule has 0 aromatic heterocycles. The Hall–Kier alpha value is -2.24. The number of ether oxygens (including phenoxy) is 4. The fourth-order valence-electron chi connectivity index (χ4n) is 5.50. The Morgan fingerprint density at radius 2 is 1.66 bits per heavy atom. The summed E-state index contributed by atoms with van der Waals surface area (Å²) in [6.45, 7) is 6.36. The predicted octanol–water partition coefficient (Wildman–Crippen LogP) is -1.91. The third kappa shape index (κ3) is 10.7. The second-order valence-corrected chi connectivity index (χ2v) is 12.2. The minimum Gasteiger partial charge on any atom is -0.396 e. The normalized spacial score (nSPS) is 30.3. The van der Waals surface area contributed by atoms with E-state index in [1.54, 1.807) is 12.0 Å². The van der Waals surface area contributed by atoms with Crippen molar-refractivity contribution in [1.82, 2.24) is 15.5 Å². The van der Waals surface area contributed by atoms with E-state index in [4.69, 9.17) is 18.9 Å². The first kappa shape index (κ1) is 37.9. The Balaban J connectivity index is 1.57. The van der Waals surface area contributed by atoms with Gasteiger partial charge in [-0.2, -0.15) is 0 Å². The molecule has 0 aliphatic carbocycles. The van der Waals surface area contributed by atoms with Crippen molar-refractivity contribution in [2.24, 2.45) is 10.8 Å². The largest absolute Gasteiger partial charge is 0.396 e. The molecular formula is C29H51N3O12. The second-order valence-electron chi connectivity index (χ2n) is 12.2. The van der Waals surface area contributed by atoms with Crippen LogP contribution >= 0.6 is 0 Å². The average Bonchev–Trinajstić information content (AvgIpc) is 3.24. The number of hydrogen-bond acceptors (Lipinski definition) is 12. The first-order chi connectivity index (χ1) is 20.8. The smallest absolute Gasteiger partial charge is 0.232 e. The summed E-state index contributed by atoms with van der Waals surface area (Å²) in [7, 11) is 1.58. The number of hydrogen-bond donors (Lipinski definition) is 6. The zero-order valence-electron chi connectivity index (χ0n) is 26.3. The van der Waals surface area contributed by atoms with Crippen LogP contribution in [0, 0.1) is 10.8 Å². The molecule has 44 heavy (non-hydrogen) atoms. The summed E-state index contributed by atoms with van der Waals surface area (Å²) in [5.41, 5.74) is -0.957. The molecule has 6 N–H and O–H groups in total. The molecule has 0 radical (unpaired) electrons. The maximum absolute atomic E-state index is 12.7. The molecule has 2 heterocycles. The van der Waals surface area contributed by atoms with E-state index in [9.17, 15) is 39.6 Å². The van der Waals surface area contributed by atoms with Gasteiger partial charge in [0, 0.05) is 63.9 Å². The number of carbonyl (C=O) groups is 4. The molecular weight excluding hydrogens is 582 g/mol. The number of amides is 3. The molecule has 1 unspecified atom stereocenters. The third-order valence-electron chi connectivity index (χ3n) is 8.47. The fraction of sp³-hybridized carbons (Fsp3) is 0.862. The maximum Gasteiger partial charge on any atom is 0.232 e. The molecule has 0 aromatic carbocycles. The lowest BCUT2D eigenvalue weighted by atomic mass is 9.69. The van der Waals surface area contributed by atoms with Gasteiger partial charge in [0.05, 0.1) is 33.0 Å². The van der Waals surface area contributed by atoms with Gasteiger partial charge in [-0.3, -0.25) is 19.2 Å². The van der Waals surface area contributed by atoms with Gasteiger partial charge in [-0.25, -0.2) is 0 Å². The summed E-state index contributed by atoms with van der Waals surface area (Å²) < 4.78 is 21.8. The molecule has 0 spiro atoms. The predicted molar refractivity (Wildman–Crippen MR) is 155 cm³/mol. The molecule has 0 saturated carbocycles. The molecule has 2 rings (SSSR count). The number of nitrogens with one attached hydrogen (secondary N) is 2. The van der Waals surface area contributed by atoms with Crippen LogP contribution in [0.5, 0.6) is 0 Å². The number of nitrogens with zero attached hydrogens (tertiary/aromatic N) is 1. The summed E-state index contributed by atoms with van der Waals surface area (Å²) in [5.74, 6) is -1.16. The van der Waals surface area contributed by atoms with E-state index in [1.807, 2.05) is 13.8 Å². The molecule has 254 valence electrons. The Labute approximate surface area is 258 Å². The van der Waals surface area contributed by atoms with Crippen LogP contribution < -0.4 is 10.6 Å². The Morgan fingerprint density at radius 3 is 2.30 bits per heavy atom. The van der Waals surface area contributed by atoms with Gasteiger partial charge in [-0.15, -0.1) is 0 Å². The van der Waals surface area contributed by atoms with Crippen molar-refractivity contribution in [2.45, 2.75) is 83.5 Å². The van der Waals surface area contributed by atoms with Crippen molar-refractivity contribution in [3.63, 3.8) is 0 Å². The highest BCUT2D eigenvalue weighted by Gasteiger charge is 2.53. The van der Waals surface area contributed by atoms with Gasteiger partial charge in [0.15, 0.2) is 6.29 Å². The van der Waals surface area contributed by atoms with Gasteiger partial charge in [-0.1, -0.05) is 13.8 Å². The van der Waals surface area contributed by atoms with Crippen molar-refractivity contribution >= 4 is 23.5 Å².